The summed E-state index contributed by atoms with van der Waals surface area (Å²) in [6.45, 7) is -0.0547. The number of esters is 1. The van der Waals surface area contributed by atoms with Crippen LogP contribution in [0.1, 0.15) is 65.3 Å². The average Bonchev–Trinajstić information content (AvgIpc) is 3.61. The number of fused-ring (bicyclic) bond motifs is 6. The molecule has 0 aliphatic carbocycles. The summed E-state index contributed by atoms with van der Waals surface area (Å²) in [5.74, 6) is -2.93. The molecule has 6 heterocycles. The van der Waals surface area contributed by atoms with E-state index in [1.165, 1.54) is 24.9 Å². The summed E-state index contributed by atoms with van der Waals surface area (Å²) >= 11 is 1.43. The van der Waals surface area contributed by atoms with Crippen LogP contribution in [-0.2, 0) is 24.8 Å². The van der Waals surface area contributed by atoms with E-state index in [1.54, 1.807) is 21.8 Å². The zero-order valence-corrected chi connectivity index (χ0v) is 26.5. The predicted molar refractivity (Wildman–Crippen MR) is 166 cm³/mol. The molecular formula is C34H33F2N3O7S. The lowest BCUT2D eigenvalue weighted by atomic mass is 9.71. The van der Waals surface area contributed by atoms with E-state index >= 15 is 4.39 Å². The molecule has 246 valence electrons. The minimum absolute atomic E-state index is 0.00419. The van der Waals surface area contributed by atoms with Gasteiger partial charge in [0.15, 0.2) is 17.3 Å². The highest BCUT2D eigenvalue weighted by Gasteiger charge is 2.63. The molecule has 1 amide bonds. The van der Waals surface area contributed by atoms with E-state index in [2.05, 4.69) is 0 Å². The molecule has 0 N–H and O–H groups in total. The standard InChI is InChI=1S/C34H33F2N3O7S/c1-43-15-10-27(41)44-18-45-31-25(40)9-13-38-30(31)33(42)37-14-12-34-11-8-19(46-34)16-23(34)32(37)39(38)29-20-6-7-24(35)28(36)22(20)17-47-26-5-3-2-4-21(26)29/h2-7,9,13,19,23,29,32H,8,10-12,14-18H2,1H3/t19-,23+,29-,32+,34-/m0/s1. The number of hydrogen-bond acceptors (Lipinski definition) is 9. The summed E-state index contributed by atoms with van der Waals surface area (Å²) < 4.78 is 54.5. The summed E-state index contributed by atoms with van der Waals surface area (Å²) in [5, 5.41) is 2.03. The first-order valence-corrected chi connectivity index (χ1v) is 16.8. The first-order valence-electron chi connectivity index (χ1n) is 15.8. The van der Waals surface area contributed by atoms with Gasteiger partial charge in [0.1, 0.15) is 6.17 Å². The van der Waals surface area contributed by atoms with Crippen LogP contribution >= 0.6 is 11.8 Å². The Hall–Kier alpha value is -3.94. The number of thioether (sulfide) groups is 1. The highest BCUT2D eigenvalue weighted by molar-refractivity contribution is 7.98. The van der Waals surface area contributed by atoms with Crippen molar-refractivity contribution < 1.29 is 37.3 Å². The summed E-state index contributed by atoms with van der Waals surface area (Å²) in [4.78, 5) is 42.7. The molecule has 10 nitrogen and oxygen atoms in total. The van der Waals surface area contributed by atoms with Crippen LogP contribution in [-0.4, -0.2) is 66.4 Å². The second kappa shape index (κ2) is 11.6. The number of methoxy groups -OCH3 is 1. The van der Waals surface area contributed by atoms with Crippen LogP contribution in [0.4, 0.5) is 8.78 Å². The third-order valence-corrected chi connectivity index (χ3v) is 11.4. The average molecular weight is 666 g/mol. The molecule has 1 aromatic heterocycles. The number of rotatable bonds is 7. The van der Waals surface area contributed by atoms with Gasteiger partial charge in [-0.05, 0) is 48.9 Å². The normalized spacial score (nSPS) is 26.9. The Balaban J connectivity index is 1.32. The molecule has 3 saturated heterocycles. The van der Waals surface area contributed by atoms with Crippen molar-refractivity contribution >= 4 is 23.6 Å². The van der Waals surface area contributed by atoms with Crippen LogP contribution in [0, 0.1) is 17.6 Å². The van der Waals surface area contributed by atoms with E-state index < -0.39 is 53.5 Å². The third-order valence-electron chi connectivity index (χ3n) is 10.3. The highest BCUT2D eigenvalue weighted by atomic mass is 32.2. The van der Waals surface area contributed by atoms with Crippen molar-refractivity contribution in [3.8, 4) is 5.75 Å². The van der Waals surface area contributed by atoms with E-state index in [1.807, 2.05) is 29.3 Å². The van der Waals surface area contributed by atoms with Gasteiger partial charge in [0.2, 0.25) is 18.0 Å². The summed E-state index contributed by atoms with van der Waals surface area (Å²) in [5.41, 5.74) is 0.680. The van der Waals surface area contributed by atoms with Crippen molar-refractivity contribution in [2.24, 2.45) is 5.92 Å². The van der Waals surface area contributed by atoms with E-state index in [0.717, 1.165) is 35.8 Å². The van der Waals surface area contributed by atoms with Crippen molar-refractivity contribution in [3.63, 3.8) is 0 Å². The Morgan fingerprint density at radius 3 is 2.79 bits per heavy atom. The molecule has 0 unspecified atom stereocenters. The molecule has 5 aliphatic heterocycles. The molecule has 5 aliphatic rings. The summed E-state index contributed by atoms with van der Waals surface area (Å²) in [6.07, 6.45) is 4.31. The lowest BCUT2D eigenvalue weighted by Gasteiger charge is -2.57. The molecule has 3 aromatic rings. The van der Waals surface area contributed by atoms with Gasteiger partial charge in [-0.15, -0.1) is 11.8 Å². The molecule has 13 heteroatoms. The molecule has 47 heavy (non-hydrogen) atoms. The highest BCUT2D eigenvalue weighted by Crippen LogP contribution is 2.57. The quantitative estimate of drug-likeness (QED) is 0.267. The van der Waals surface area contributed by atoms with Crippen LogP contribution < -0.4 is 15.2 Å². The van der Waals surface area contributed by atoms with Crippen LogP contribution in [0.5, 0.6) is 5.75 Å². The lowest BCUT2D eigenvalue weighted by Crippen LogP contribution is -2.70. The van der Waals surface area contributed by atoms with Crippen LogP contribution in [0.15, 0.2) is 58.4 Å². The summed E-state index contributed by atoms with van der Waals surface area (Å²) in [7, 11) is 1.46. The van der Waals surface area contributed by atoms with Gasteiger partial charge in [-0.3, -0.25) is 24.1 Å². The van der Waals surface area contributed by atoms with Gasteiger partial charge >= 0.3 is 5.97 Å². The van der Waals surface area contributed by atoms with Gasteiger partial charge in [-0.2, -0.15) is 0 Å². The maximum atomic E-state index is 15.6. The number of benzene rings is 2. The zero-order chi connectivity index (χ0) is 32.4. The van der Waals surface area contributed by atoms with Crippen LogP contribution in [0.3, 0.4) is 0 Å². The molecule has 3 fully saturated rings. The van der Waals surface area contributed by atoms with Crippen molar-refractivity contribution in [2.45, 2.75) is 66.7 Å². The number of aromatic nitrogens is 1. The smallest absolute Gasteiger partial charge is 0.311 e. The first-order chi connectivity index (χ1) is 22.8. The van der Waals surface area contributed by atoms with E-state index in [-0.39, 0.29) is 47.8 Å². The van der Waals surface area contributed by atoms with E-state index in [4.69, 9.17) is 18.9 Å². The van der Waals surface area contributed by atoms with Gasteiger partial charge in [0.25, 0.3) is 5.91 Å². The fourth-order valence-corrected chi connectivity index (χ4v) is 9.32. The van der Waals surface area contributed by atoms with Crippen molar-refractivity contribution in [2.75, 3.05) is 32.1 Å². The van der Waals surface area contributed by atoms with Crippen molar-refractivity contribution in [1.82, 2.24) is 9.58 Å². The monoisotopic (exact) mass is 665 g/mol. The minimum atomic E-state index is -0.928. The van der Waals surface area contributed by atoms with Crippen LogP contribution in [0.2, 0.25) is 0 Å². The zero-order valence-electron chi connectivity index (χ0n) is 25.7. The largest absolute Gasteiger partial charge is 0.451 e. The molecular weight excluding hydrogens is 632 g/mol. The summed E-state index contributed by atoms with van der Waals surface area (Å²) in [6, 6.07) is 11.1. The number of piperidine rings is 1. The van der Waals surface area contributed by atoms with Gasteiger partial charge in [0, 0.05) is 48.0 Å². The minimum Gasteiger partial charge on any atom is -0.451 e. The van der Waals surface area contributed by atoms with E-state index in [9.17, 15) is 18.8 Å². The number of pyridine rings is 1. The SMILES string of the molecule is COCCC(=O)OCOc1c2n(ccc1=O)N([C@@H]1c3ccccc3SCc3c1ccc(F)c3F)[C@@H]1[C@H]3C[C@@H]4CC[C@@]3(CCN1C2=O)O4. The molecule has 5 atom stereocenters. The topological polar surface area (TPSA) is 99.5 Å². The molecule has 8 rings (SSSR count). The molecule has 0 saturated carbocycles. The number of nitrogens with zero attached hydrogens (tertiary/aromatic N) is 3. The van der Waals surface area contributed by atoms with E-state index in [0.29, 0.717) is 18.5 Å². The Morgan fingerprint density at radius 2 is 1.96 bits per heavy atom. The fraction of sp³-hybridized carbons (Fsp3) is 0.441. The number of carbonyl (C=O) groups is 2. The van der Waals surface area contributed by atoms with Crippen molar-refractivity contribution in [1.29, 1.82) is 0 Å². The molecule has 2 aromatic carbocycles. The van der Waals surface area contributed by atoms with Gasteiger partial charge in [-0.1, -0.05) is 24.3 Å². The predicted octanol–water partition coefficient (Wildman–Crippen LogP) is 4.50. The van der Waals surface area contributed by atoms with Gasteiger partial charge in [0.05, 0.1) is 30.8 Å². The number of halogens is 2. The van der Waals surface area contributed by atoms with Crippen LogP contribution in [0.25, 0.3) is 0 Å². The Kier molecular flexibility index (Phi) is 7.53. The number of hydrogen-bond donors (Lipinski definition) is 0. The Bertz CT molecular complexity index is 1840. The second-order valence-electron chi connectivity index (χ2n) is 12.6. The maximum absolute atomic E-state index is 15.6. The van der Waals surface area contributed by atoms with Crippen molar-refractivity contribution in [3.05, 3.63) is 92.9 Å². The first kappa shape index (κ1) is 30.4. The lowest BCUT2D eigenvalue weighted by molar-refractivity contribution is -0.151. The number of ether oxygens (including phenoxy) is 4. The Labute approximate surface area is 273 Å². The fourth-order valence-electron chi connectivity index (χ4n) is 8.20. The second-order valence-corrected chi connectivity index (χ2v) is 13.6. The third kappa shape index (κ3) is 4.76. The molecule has 1 spiro atoms. The number of carbonyl (C=O) groups excluding carboxylic acids is 2. The molecule has 0 radical (unpaired) electrons. The molecule has 2 bridgehead atoms. The van der Waals surface area contributed by atoms with Gasteiger partial charge in [-0.25, -0.2) is 8.78 Å². The van der Waals surface area contributed by atoms with Gasteiger partial charge < -0.3 is 23.8 Å². The number of amides is 1. The Morgan fingerprint density at radius 1 is 1.11 bits per heavy atom. The maximum Gasteiger partial charge on any atom is 0.311 e.